The SMILES string of the molecule is C=C(C=C(F)CC)CNC(=O)Cc1ccc(-c2ccc(OCCN3CCOCC3)cc2)cn1. The van der Waals surface area contributed by atoms with E-state index >= 15 is 0 Å². The summed E-state index contributed by atoms with van der Waals surface area (Å²) in [5, 5.41) is 2.74. The molecule has 1 aliphatic heterocycles. The molecule has 176 valence electrons. The second-order valence-electron chi connectivity index (χ2n) is 7.92. The fourth-order valence-electron chi connectivity index (χ4n) is 3.37. The lowest BCUT2D eigenvalue weighted by Gasteiger charge is -2.26. The molecule has 1 saturated heterocycles. The van der Waals surface area contributed by atoms with Crippen molar-refractivity contribution >= 4 is 5.91 Å². The number of pyridine rings is 1. The number of amides is 1. The van der Waals surface area contributed by atoms with Crippen LogP contribution in [0.2, 0.25) is 0 Å². The van der Waals surface area contributed by atoms with Crippen LogP contribution in [0.4, 0.5) is 4.39 Å². The molecule has 1 aromatic heterocycles. The molecule has 0 bridgehead atoms. The van der Waals surface area contributed by atoms with Crippen molar-refractivity contribution in [2.75, 3.05) is 46.0 Å². The van der Waals surface area contributed by atoms with E-state index in [1.807, 2.05) is 36.4 Å². The van der Waals surface area contributed by atoms with Crippen molar-refractivity contribution in [1.29, 1.82) is 0 Å². The van der Waals surface area contributed by atoms with Gasteiger partial charge in [0.05, 0.1) is 25.5 Å². The molecular weight excluding hydrogens is 421 g/mol. The number of rotatable bonds is 11. The van der Waals surface area contributed by atoms with Crippen molar-refractivity contribution in [2.24, 2.45) is 0 Å². The van der Waals surface area contributed by atoms with Gasteiger partial charge in [-0.3, -0.25) is 14.7 Å². The minimum Gasteiger partial charge on any atom is -0.492 e. The van der Waals surface area contributed by atoms with E-state index < -0.39 is 0 Å². The van der Waals surface area contributed by atoms with E-state index in [0.29, 0.717) is 24.3 Å². The Hall–Kier alpha value is -3.03. The lowest BCUT2D eigenvalue weighted by molar-refractivity contribution is -0.120. The minimum absolute atomic E-state index is 0.156. The number of ether oxygens (including phenoxy) is 2. The first kappa shape index (κ1) is 24.6. The van der Waals surface area contributed by atoms with Crippen molar-refractivity contribution in [2.45, 2.75) is 19.8 Å². The maximum atomic E-state index is 13.2. The minimum atomic E-state index is -0.251. The average molecular weight is 454 g/mol. The first-order valence-corrected chi connectivity index (χ1v) is 11.3. The summed E-state index contributed by atoms with van der Waals surface area (Å²) in [4.78, 5) is 18.9. The molecule has 2 heterocycles. The molecule has 0 spiro atoms. The largest absolute Gasteiger partial charge is 0.492 e. The number of morpholine rings is 1. The number of carbonyl (C=O) groups is 1. The molecule has 0 atom stereocenters. The Kier molecular flexibility index (Phi) is 9.59. The third-order valence-electron chi connectivity index (χ3n) is 5.35. The van der Waals surface area contributed by atoms with Crippen LogP contribution in [-0.2, 0) is 16.0 Å². The van der Waals surface area contributed by atoms with Crippen LogP contribution in [0.25, 0.3) is 11.1 Å². The number of benzene rings is 1. The molecule has 33 heavy (non-hydrogen) atoms. The summed E-state index contributed by atoms with van der Waals surface area (Å²) < 4.78 is 24.5. The van der Waals surface area contributed by atoms with Gasteiger partial charge in [0, 0.05) is 43.6 Å². The third-order valence-corrected chi connectivity index (χ3v) is 5.35. The number of carbonyl (C=O) groups excluding carboxylic acids is 1. The second kappa shape index (κ2) is 12.9. The first-order chi connectivity index (χ1) is 16.0. The zero-order valence-corrected chi connectivity index (χ0v) is 19.2. The van der Waals surface area contributed by atoms with Gasteiger partial charge in [-0.2, -0.15) is 0 Å². The Bertz CT molecular complexity index is 936. The van der Waals surface area contributed by atoms with Gasteiger partial charge in [-0.1, -0.05) is 31.7 Å². The second-order valence-corrected chi connectivity index (χ2v) is 7.92. The molecule has 3 rings (SSSR count). The maximum Gasteiger partial charge on any atom is 0.226 e. The van der Waals surface area contributed by atoms with E-state index in [9.17, 15) is 9.18 Å². The number of hydrogen-bond donors (Lipinski definition) is 1. The summed E-state index contributed by atoms with van der Waals surface area (Å²) in [5.41, 5.74) is 3.19. The molecule has 2 aromatic rings. The fraction of sp³-hybridized carbons (Fsp3) is 0.385. The molecule has 0 unspecified atom stereocenters. The smallest absolute Gasteiger partial charge is 0.226 e. The van der Waals surface area contributed by atoms with E-state index in [-0.39, 0.29) is 24.7 Å². The van der Waals surface area contributed by atoms with Crippen molar-refractivity contribution in [3.8, 4) is 16.9 Å². The number of aromatic nitrogens is 1. The molecule has 0 radical (unpaired) electrons. The standard InChI is InChI=1S/C26H32FN3O3/c1-3-23(27)16-20(2)18-29-26(31)17-24-7-4-22(19-28-24)21-5-8-25(9-6-21)33-15-12-30-10-13-32-14-11-30/h4-9,16,19H,2-3,10-15,17-18H2,1H3,(H,29,31). The summed E-state index contributed by atoms with van der Waals surface area (Å²) >= 11 is 0. The van der Waals surface area contributed by atoms with Crippen LogP contribution >= 0.6 is 0 Å². The highest BCUT2D eigenvalue weighted by Gasteiger charge is 2.10. The highest BCUT2D eigenvalue weighted by atomic mass is 19.1. The van der Waals surface area contributed by atoms with E-state index in [1.165, 1.54) is 6.08 Å². The van der Waals surface area contributed by atoms with E-state index in [1.54, 1.807) is 13.1 Å². The van der Waals surface area contributed by atoms with Crippen molar-refractivity contribution in [3.63, 3.8) is 0 Å². The Morgan fingerprint density at radius 2 is 1.94 bits per heavy atom. The van der Waals surface area contributed by atoms with Gasteiger partial charge in [0.1, 0.15) is 12.4 Å². The number of allylic oxidation sites excluding steroid dienone is 1. The summed E-state index contributed by atoms with van der Waals surface area (Å²) in [6.45, 7) is 10.7. The maximum absolute atomic E-state index is 13.2. The topological polar surface area (TPSA) is 63.7 Å². The molecule has 1 N–H and O–H groups in total. The number of nitrogens with zero attached hydrogens (tertiary/aromatic N) is 2. The number of hydrogen-bond acceptors (Lipinski definition) is 5. The first-order valence-electron chi connectivity index (χ1n) is 11.3. The van der Waals surface area contributed by atoms with Crippen LogP contribution in [0.3, 0.4) is 0 Å². The number of nitrogens with one attached hydrogen (secondary N) is 1. The highest BCUT2D eigenvalue weighted by molar-refractivity contribution is 5.78. The highest BCUT2D eigenvalue weighted by Crippen LogP contribution is 2.22. The zero-order valence-electron chi connectivity index (χ0n) is 19.2. The van der Waals surface area contributed by atoms with E-state index in [2.05, 4.69) is 21.8 Å². The molecule has 0 saturated carbocycles. The zero-order chi connectivity index (χ0) is 23.5. The molecule has 1 amide bonds. The molecule has 0 aliphatic carbocycles. The molecule has 1 aromatic carbocycles. The van der Waals surface area contributed by atoms with Crippen molar-refractivity contribution < 1.29 is 18.7 Å². The quantitative estimate of drug-likeness (QED) is 0.522. The summed E-state index contributed by atoms with van der Waals surface area (Å²) in [5.74, 6) is 0.405. The lowest BCUT2D eigenvalue weighted by Crippen LogP contribution is -2.38. The van der Waals surface area contributed by atoms with Gasteiger partial charge < -0.3 is 14.8 Å². The Balaban J connectivity index is 1.44. The lowest BCUT2D eigenvalue weighted by atomic mass is 10.1. The molecular formula is C26H32FN3O3. The van der Waals surface area contributed by atoms with Gasteiger partial charge in [0.2, 0.25) is 5.91 Å². The van der Waals surface area contributed by atoms with Crippen LogP contribution in [0.5, 0.6) is 5.75 Å². The normalized spacial score (nSPS) is 14.7. The van der Waals surface area contributed by atoms with E-state index in [4.69, 9.17) is 9.47 Å². The van der Waals surface area contributed by atoms with Gasteiger partial charge in [-0.15, -0.1) is 0 Å². The molecule has 1 fully saturated rings. The van der Waals surface area contributed by atoms with Gasteiger partial charge >= 0.3 is 0 Å². The molecule has 7 heteroatoms. The Morgan fingerprint density at radius 1 is 1.21 bits per heavy atom. The third kappa shape index (κ3) is 8.44. The van der Waals surface area contributed by atoms with Crippen molar-refractivity contribution in [3.05, 3.63) is 72.3 Å². The Labute approximate surface area is 195 Å². The van der Waals surface area contributed by atoms with Gasteiger partial charge in [-0.05, 0) is 41.8 Å². The molecule has 6 nitrogen and oxygen atoms in total. The summed E-state index contributed by atoms with van der Waals surface area (Å²) in [7, 11) is 0. The van der Waals surface area contributed by atoms with Crippen LogP contribution < -0.4 is 10.1 Å². The Morgan fingerprint density at radius 3 is 2.61 bits per heavy atom. The van der Waals surface area contributed by atoms with Crippen LogP contribution in [0, 0.1) is 0 Å². The molecule has 1 aliphatic rings. The average Bonchev–Trinajstić information content (AvgIpc) is 2.84. The predicted molar refractivity (Wildman–Crippen MR) is 128 cm³/mol. The van der Waals surface area contributed by atoms with Crippen LogP contribution in [-0.4, -0.2) is 61.8 Å². The monoisotopic (exact) mass is 453 g/mol. The van der Waals surface area contributed by atoms with Crippen LogP contribution in [0.1, 0.15) is 19.0 Å². The summed E-state index contributed by atoms with van der Waals surface area (Å²) in [6.07, 6.45) is 3.58. The van der Waals surface area contributed by atoms with Crippen molar-refractivity contribution in [1.82, 2.24) is 15.2 Å². The van der Waals surface area contributed by atoms with Gasteiger partial charge in [0.25, 0.3) is 0 Å². The summed E-state index contributed by atoms with van der Waals surface area (Å²) in [6, 6.07) is 11.7. The predicted octanol–water partition coefficient (Wildman–Crippen LogP) is 3.94. The van der Waals surface area contributed by atoms with Gasteiger partial charge in [-0.25, -0.2) is 4.39 Å². The van der Waals surface area contributed by atoms with Crippen LogP contribution in [0.15, 0.2) is 66.6 Å². The van der Waals surface area contributed by atoms with E-state index in [0.717, 1.165) is 49.7 Å². The fourth-order valence-corrected chi connectivity index (χ4v) is 3.37. The number of halogens is 1. The van der Waals surface area contributed by atoms with Gasteiger partial charge in [0.15, 0.2) is 0 Å².